The number of hydrogen-bond acceptors (Lipinski definition) is 5. The van der Waals surface area contributed by atoms with Gasteiger partial charge in [-0.05, 0) is 19.3 Å². The Balaban J connectivity index is 2.09. The van der Waals surface area contributed by atoms with E-state index in [1.54, 1.807) is 10.9 Å². The average Bonchev–Trinajstić information content (AvgIpc) is 2.81. The number of aryl methyl sites for hydroxylation is 1. The second-order valence-corrected chi connectivity index (χ2v) is 4.75. The van der Waals surface area contributed by atoms with E-state index in [9.17, 15) is 9.90 Å². The first-order valence-corrected chi connectivity index (χ1v) is 6.30. The summed E-state index contributed by atoms with van der Waals surface area (Å²) in [5, 5.41) is 14.3. The highest BCUT2D eigenvalue weighted by molar-refractivity contribution is 5.89. The number of rotatable bonds is 2. The standard InChI is InChI=1S/C12H15N5O2/c1-16-10-8(6-15-16)11(14-7-13-10)17-5-3-2-4-9(17)12(18)19/h6-7,9H,2-5H2,1H3,(H,18,19)/t9-/m0/s1. The molecule has 0 bridgehead atoms. The molecule has 0 aliphatic carbocycles. The van der Waals surface area contributed by atoms with Crippen LogP contribution in [0, 0.1) is 0 Å². The minimum Gasteiger partial charge on any atom is -0.480 e. The first kappa shape index (κ1) is 11.9. The van der Waals surface area contributed by atoms with Gasteiger partial charge in [0.15, 0.2) is 5.65 Å². The van der Waals surface area contributed by atoms with Gasteiger partial charge in [0.25, 0.3) is 0 Å². The fourth-order valence-electron chi connectivity index (χ4n) is 2.62. The number of piperidine rings is 1. The number of carboxylic acid groups (broad SMARTS) is 1. The van der Waals surface area contributed by atoms with Gasteiger partial charge in [0, 0.05) is 13.6 Å². The van der Waals surface area contributed by atoms with Crippen molar-refractivity contribution >= 4 is 22.8 Å². The van der Waals surface area contributed by atoms with E-state index in [1.165, 1.54) is 6.33 Å². The largest absolute Gasteiger partial charge is 0.480 e. The smallest absolute Gasteiger partial charge is 0.326 e. The number of hydrogen-bond donors (Lipinski definition) is 1. The molecule has 2 aromatic rings. The maximum atomic E-state index is 11.4. The lowest BCUT2D eigenvalue weighted by Crippen LogP contribution is -2.45. The topological polar surface area (TPSA) is 84.1 Å². The quantitative estimate of drug-likeness (QED) is 0.861. The molecule has 0 aromatic carbocycles. The molecule has 1 N–H and O–H groups in total. The van der Waals surface area contributed by atoms with Gasteiger partial charge in [-0.1, -0.05) is 0 Å². The second-order valence-electron chi connectivity index (χ2n) is 4.75. The summed E-state index contributed by atoms with van der Waals surface area (Å²) in [5.74, 6) is -0.124. The van der Waals surface area contributed by atoms with Crippen molar-refractivity contribution in [3.8, 4) is 0 Å². The Morgan fingerprint density at radius 3 is 3.05 bits per heavy atom. The van der Waals surface area contributed by atoms with E-state index < -0.39 is 12.0 Å². The summed E-state index contributed by atoms with van der Waals surface area (Å²) in [6.45, 7) is 0.706. The molecule has 100 valence electrons. The Morgan fingerprint density at radius 1 is 1.42 bits per heavy atom. The van der Waals surface area contributed by atoms with Crippen molar-refractivity contribution in [2.75, 3.05) is 11.4 Å². The predicted octanol–water partition coefficient (Wildman–Crippen LogP) is 0.807. The van der Waals surface area contributed by atoms with Gasteiger partial charge in [-0.15, -0.1) is 0 Å². The Kier molecular flexibility index (Phi) is 2.81. The van der Waals surface area contributed by atoms with E-state index in [1.807, 2.05) is 11.9 Å². The first-order chi connectivity index (χ1) is 9.18. The zero-order valence-electron chi connectivity index (χ0n) is 10.7. The van der Waals surface area contributed by atoms with Crippen LogP contribution in [-0.2, 0) is 11.8 Å². The summed E-state index contributed by atoms with van der Waals surface area (Å²) in [7, 11) is 1.81. The van der Waals surface area contributed by atoms with Crippen LogP contribution in [0.2, 0.25) is 0 Å². The van der Waals surface area contributed by atoms with E-state index >= 15 is 0 Å². The van der Waals surface area contributed by atoms with Crippen LogP contribution in [0.1, 0.15) is 19.3 Å². The molecule has 0 amide bonds. The molecule has 1 atom stereocenters. The van der Waals surface area contributed by atoms with Crippen LogP contribution in [-0.4, -0.2) is 43.4 Å². The van der Waals surface area contributed by atoms with Gasteiger partial charge in [0.2, 0.25) is 0 Å². The van der Waals surface area contributed by atoms with Crippen LogP contribution in [0.5, 0.6) is 0 Å². The molecule has 0 spiro atoms. The zero-order chi connectivity index (χ0) is 13.4. The summed E-state index contributed by atoms with van der Waals surface area (Å²) in [6, 6.07) is -0.507. The Hall–Kier alpha value is -2.18. The molecule has 3 heterocycles. The molecular weight excluding hydrogens is 246 g/mol. The summed E-state index contributed by atoms with van der Waals surface area (Å²) in [4.78, 5) is 21.7. The number of carbonyl (C=O) groups is 1. The van der Waals surface area contributed by atoms with Crippen LogP contribution in [0.15, 0.2) is 12.5 Å². The van der Waals surface area contributed by atoms with E-state index in [-0.39, 0.29) is 0 Å². The van der Waals surface area contributed by atoms with Crippen molar-refractivity contribution in [2.45, 2.75) is 25.3 Å². The number of anilines is 1. The van der Waals surface area contributed by atoms with E-state index in [0.29, 0.717) is 18.8 Å². The third kappa shape index (κ3) is 1.91. The molecule has 0 saturated carbocycles. The molecule has 3 rings (SSSR count). The Labute approximate surface area is 109 Å². The molecule has 7 nitrogen and oxygen atoms in total. The normalized spacial score (nSPS) is 19.8. The SMILES string of the molecule is Cn1ncc2c(N3CCCC[C@H]3C(=O)O)ncnc21. The monoisotopic (exact) mass is 261 g/mol. The van der Waals surface area contributed by atoms with E-state index in [4.69, 9.17) is 0 Å². The lowest BCUT2D eigenvalue weighted by atomic mass is 10.0. The van der Waals surface area contributed by atoms with Gasteiger partial charge in [-0.25, -0.2) is 14.8 Å². The summed E-state index contributed by atoms with van der Waals surface area (Å²) in [6.07, 6.45) is 5.73. The van der Waals surface area contributed by atoms with E-state index in [0.717, 1.165) is 23.9 Å². The summed E-state index contributed by atoms with van der Waals surface area (Å²) < 4.78 is 1.67. The van der Waals surface area contributed by atoms with Gasteiger partial charge in [-0.2, -0.15) is 5.10 Å². The summed E-state index contributed by atoms with van der Waals surface area (Å²) >= 11 is 0. The third-order valence-electron chi connectivity index (χ3n) is 3.57. The maximum absolute atomic E-state index is 11.4. The zero-order valence-corrected chi connectivity index (χ0v) is 10.7. The number of aliphatic carboxylic acids is 1. The molecule has 1 saturated heterocycles. The number of aromatic nitrogens is 4. The Morgan fingerprint density at radius 2 is 2.26 bits per heavy atom. The lowest BCUT2D eigenvalue weighted by Gasteiger charge is -2.33. The van der Waals surface area contributed by atoms with E-state index in [2.05, 4.69) is 15.1 Å². The molecule has 1 aliphatic rings. The molecule has 19 heavy (non-hydrogen) atoms. The minimum absolute atomic E-state index is 0.507. The van der Waals surface area contributed by atoms with Crippen LogP contribution in [0.3, 0.4) is 0 Å². The highest BCUT2D eigenvalue weighted by Crippen LogP contribution is 2.28. The first-order valence-electron chi connectivity index (χ1n) is 6.30. The number of fused-ring (bicyclic) bond motifs is 1. The van der Waals surface area contributed by atoms with Gasteiger partial charge < -0.3 is 10.0 Å². The average molecular weight is 261 g/mol. The molecular formula is C12H15N5O2. The number of carboxylic acids is 1. The van der Waals surface area contributed by atoms with Gasteiger partial charge in [-0.3, -0.25) is 4.68 Å². The molecule has 2 aromatic heterocycles. The van der Waals surface area contributed by atoms with Crippen molar-refractivity contribution in [3.63, 3.8) is 0 Å². The molecule has 1 aliphatic heterocycles. The summed E-state index contributed by atoms with van der Waals surface area (Å²) in [5.41, 5.74) is 0.722. The van der Waals surface area contributed by atoms with Crippen molar-refractivity contribution in [3.05, 3.63) is 12.5 Å². The highest BCUT2D eigenvalue weighted by atomic mass is 16.4. The minimum atomic E-state index is -0.796. The Bertz CT molecular complexity index is 624. The van der Waals surface area contributed by atoms with Crippen LogP contribution >= 0.6 is 0 Å². The van der Waals surface area contributed by atoms with Crippen molar-refractivity contribution in [1.29, 1.82) is 0 Å². The van der Waals surface area contributed by atoms with Crippen LogP contribution < -0.4 is 4.90 Å². The third-order valence-corrected chi connectivity index (χ3v) is 3.57. The van der Waals surface area contributed by atoms with Crippen LogP contribution in [0.4, 0.5) is 5.82 Å². The fourth-order valence-corrected chi connectivity index (χ4v) is 2.62. The molecule has 0 radical (unpaired) electrons. The van der Waals surface area contributed by atoms with Crippen molar-refractivity contribution < 1.29 is 9.90 Å². The maximum Gasteiger partial charge on any atom is 0.326 e. The highest BCUT2D eigenvalue weighted by Gasteiger charge is 2.30. The van der Waals surface area contributed by atoms with Gasteiger partial charge >= 0.3 is 5.97 Å². The van der Waals surface area contributed by atoms with Gasteiger partial charge in [0.1, 0.15) is 18.2 Å². The second kappa shape index (κ2) is 4.49. The van der Waals surface area contributed by atoms with Crippen molar-refractivity contribution in [1.82, 2.24) is 19.7 Å². The molecule has 0 unspecified atom stereocenters. The van der Waals surface area contributed by atoms with Crippen LogP contribution in [0.25, 0.3) is 11.0 Å². The molecule has 1 fully saturated rings. The predicted molar refractivity (Wildman–Crippen MR) is 68.9 cm³/mol. The fraction of sp³-hybridized carbons (Fsp3) is 0.500. The lowest BCUT2D eigenvalue weighted by molar-refractivity contribution is -0.139. The molecule has 7 heteroatoms. The van der Waals surface area contributed by atoms with Gasteiger partial charge in [0.05, 0.1) is 11.6 Å². The van der Waals surface area contributed by atoms with Crippen molar-refractivity contribution in [2.24, 2.45) is 7.05 Å². The number of nitrogens with zero attached hydrogens (tertiary/aromatic N) is 5.